The minimum absolute atomic E-state index is 0.0448. The van der Waals surface area contributed by atoms with E-state index >= 15 is 0 Å². The lowest BCUT2D eigenvalue weighted by Crippen LogP contribution is -2.43. The smallest absolute Gasteiger partial charge is 0.249 e. The molecule has 0 saturated carbocycles. The zero-order chi connectivity index (χ0) is 17.1. The van der Waals surface area contributed by atoms with Gasteiger partial charge in [0.2, 0.25) is 11.9 Å². The Morgan fingerprint density at radius 3 is 2.84 bits per heavy atom. The maximum absolute atomic E-state index is 12.5. The number of carbonyl (C=O) groups excluding carboxylic acids is 1. The van der Waals surface area contributed by atoms with Gasteiger partial charge in [0.25, 0.3) is 0 Å². The van der Waals surface area contributed by atoms with E-state index < -0.39 is 0 Å². The van der Waals surface area contributed by atoms with Crippen LogP contribution in [-0.4, -0.2) is 60.9 Å². The topological polar surface area (TPSA) is 76.6 Å². The van der Waals surface area contributed by atoms with E-state index in [4.69, 9.17) is 9.47 Å². The molecule has 0 unspecified atom stereocenters. The number of ether oxygens (including phenoxy) is 2. The maximum Gasteiger partial charge on any atom is 0.249 e. The molecular formula is C18H26N4O3. The normalized spacial score (nSPS) is 30.1. The van der Waals surface area contributed by atoms with Gasteiger partial charge in [-0.25, -0.2) is 9.97 Å². The molecule has 3 atom stereocenters. The highest BCUT2D eigenvalue weighted by Gasteiger charge is 2.42. The molecule has 1 aromatic heterocycles. The van der Waals surface area contributed by atoms with Crippen LogP contribution in [0.3, 0.4) is 0 Å². The average Bonchev–Trinajstić information content (AvgIpc) is 3.11. The lowest BCUT2D eigenvalue weighted by Gasteiger charge is -2.33. The Morgan fingerprint density at radius 1 is 1.24 bits per heavy atom. The molecule has 1 amide bonds. The van der Waals surface area contributed by atoms with E-state index in [1.54, 1.807) is 12.4 Å². The van der Waals surface area contributed by atoms with E-state index in [0.717, 1.165) is 64.5 Å². The van der Waals surface area contributed by atoms with Gasteiger partial charge in [-0.15, -0.1) is 0 Å². The number of nitrogens with zero attached hydrogens (tertiary/aromatic N) is 3. The molecule has 3 aliphatic heterocycles. The summed E-state index contributed by atoms with van der Waals surface area (Å²) in [5.74, 6) is 1.78. The Hall–Kier alpha value is -1.73. The summed E-state index contributed by atoms with van der Waals surface area (Å²) in [6.45, 7) is 4.04. The van der Waals surface area contributed by atoms with Crippen molar-refractivity contribution in [3.63, 3.8) is 0 Å². The van der Waals surface area contributed by atoms with Crippen LogP contribution in [0.4, 0.5) is 5.95 Å². The van der Waals surface area contributed by atoms with Crippen LogP contribution in [0.2, 0.25) is 0 Å². The largest absolute Gasteiger partial charge is 0.381 e. The molecule has 25 heavy (non-hydrogen) atoms. The second kappa shape index (κ2) is 7.66. The Labute approximate surface area is 148 Å². The molecule has 3 saturated heterocycles. The van der Waals surface area contributed by atoms with Gasteiger partial charge in [0.1, 0.15) is 6.10 Å². The van der Waals surface area contributed by atoms with Crippen molar-refractivity contribution in [2.45, 2.75) is 37.9 Å². The summed E-state index contributed by atoms with van der Waals surface area (Å²) in [7, 11) is 0. The summed E-state index contributed by atoms with van der Waals surface area (Å²) in [5.41, 5.74) is 0. The van der Waals surface area contributed by atoms with E-state index in [1.807, 2.05) is 6.07 Å². The molecule has 0 aliphatic carbocycles. The van der Waals surface area contributed by atoms with Crippen molar-refractivity contribution in [2.75, 3.05) is 37.7 Å². The highest BCUT2D eigenvalue weighted by molar-refractivity contribution is 5.81. The highest BCUT2D eigenvalue weighted by Crippen LogP contribution is 2.34. The molecule has 0 aromatic carbocycles. The Kier molecular flexibility index (Phi) is 5.12. The van der Waals surface area contributed by atoms with Crippen LogP contribution in [0.5, 0.6) is 0 Å². The van der Waals surface area contributed by atoms with Crippen LogP contribution >= 0.6 is 0 Å². The van der Waals surface area contributed by atoms with E-state index in [2.05, 4.69) is 20.2 Å². The number of fused-ring (bicyclic) bond motifs is 1. The summed E-state index contributed by atoms with van der Waals surface area (Å²) in [5, 5.41) is 3.09. The predicted molar refractivity (Wildman–Crippen MR) is 92.2 cm³/mol. The molecule has 7 nitrogen and oxygen atoms in total. The first-order chi connectivity index (χ1) is 12.3. The molecule has 0 radical (unpaired) electrons. The zero-order valence-corrected chi connectivity index (χ0v) is 14.5. The van der Waals surface area contributed by atoms with Crippen LogP contribution in [0, 0.1) is 11.8 Å². The van der Waals surface area contributed by atoms with Gasteiger partial charge in [0, 0.05) is 45.2 Å². The number of piperidine rings is 1. The van der Waals surface area contributed by atoms with Crippen LogP contribution < -0.4 is 10.2 Å². The quantitative estimate of drug-likeness (QED) is 0.877. The van der Waals surface area contributed by atoms with Gasteiger partial charge in [-0.05, 0) is 43.6 Å². The van der Waals surface area contributed by atoms with E-state index in [1.165, 1.54) is 0 Å². The zero-order valence-electron chi connectivity index (χ0n) is 14.5. The van der Waals surface area contributed by atoms with Crippen molar-refractivity contribution in [1.82, 2.24) is 15.3 Å². The molecule has 3 aliphatic rings. The number of nitrogens with one attached hydrogen (secondary N) is 1. The molecule has 3 fully saturated rings. The minimum atomic E-state index is -0.313. The molecule has 1 aromatic rings. The molecular weight excluding hydrogens is 320 g/mol. The summed E-state index contributed by atoms with van der Waals surface area (Å²) in [6.07, 6.45) is 7.21. The Balaban J connectivity index is 1.28. The van der Waals surface area contributed by atoms with Gasteiger partial charge in [0.15, 0.2) is 0 Å². The van der Waals surface area contributed by atoms with E-state index in [-0.39, 0.29) is 18.1 Å². The third-order valence-corrected chi connectivity index (χ3v) is 5.59. The first kappa shape index (κ1) is 16.7. The third kappa shape index (κ3) is 3.93. The molecule has 0 bridgehead atoms. The van der Waals surface area contributed by atoms with E-state index in [0.29, 0.717) is 11.8 Å². The SMILES string of the molecule is O=C(NCC1CCOCC1)[C@@H]1C[C@H]2CCN(c3ncccn3)C[C@@H]2O1. The van der Waals surface area contributed by atoms with Crippen molar-refractivity contribution < 1.29 is 14.3 Å². The molecule has 4 rings (SSSR count). The fourth-order valence-electron chi connectivity index (χ4n) is 4.04. The van der Waals surface area contributed by atoms with Crippen LogP contribution in [-0.2, 0) is 14.3 Å². The molecule has 4 heterocycles. The lowest BCUT2D eigenvalue weighted by molar-refractivity contribution is -0.132. The van der Waals surface area contributed by atoms with Crippen LogP contribution in [0.15, 0.2) is 18.5 Å². The first-order valence-electron chi connectivity index (χ1n) is 9.32. The number of amides is 1. The predicted octanol–water partition coefficient (Wildman–Crippen LogP) is 1.00. The van der Waals surface area contributed by atoms with Crippen molar-refractivity contribution in [3.05, 3.63) is 18.5 Å². The monoisotopic (exact) mass is 346 g/mol. The maximum atomic E-state index is 12.5. The van der Waals surface area contributed by atoms with Gasteiger partial charge in [-0.1, -0.05) is 0 Å². The van der Waals surface area contributed by atoms with Gasteiger partial charge in [-0.2, -0.15) is 0 Å². The highest BCUT2D eigenvalue weighted by atomic mass is 16.5. The van der Waals surface area contributed by atoms with Crippen LogP contribution in [0.1, 0.15) is 25.7 Å². The van der Waals surface area contributed by atoms with Crippen molar-refractivity contribution >= 4 is 11.9 Å². The number of rotatable bonds is 4. The number of aromatic nitrogens is 2. The fraction of sp³-hybridized carbons (Fsp3) is 0.722. The summed E-state index contributed by atoms with van der Waals surface area (Å²) < 4.78 is 11.4. The lowest BCUT2D eigenvalue weighted by atomic mass is 9.91. The van der Waals surface area contributed by atoms with Gasteiger partial charge in [0.05, 0.1) is 6.10 Å². The van der Waals surface area contributed by atoms with Crippen LogP contribution in [0.25, 0.3) is 0 Å². The minimum Gasteiger partial charge on any atom is -0.381 e. The molecule has 136 valence electrons. The van der Waals surface area contributed by atoms with E-state index in [9.17, 15) is 4.79 Å². The van der Waals surface area contributed by atoms with Gasteiger partial charge in [-0.3, -0.25) is 4.79 Å². The van der Waals surface area contributed by atoms with Gasteiger partial charge < -0.3 is 19.7 Å². The molecule has 1 N–H and O–H groups in total. The van der Waals surface area contributed by atoms with Crippen molar-refractivity contribution in [3.8, 4) is 0 Å². The number of hydrogen-bond donors (Lipinski definition) is 1. The summed E-state index contributed by atoms with van der Waals surface area (Å²) >= 11 is 0. The second-order valence-corrected chi connectivity index (χ2v) is 7.24. The standard InChI is InChI=1S/C18H26N4O3/c23-17(21-11-13-3-8-24-9-4-13)15-10-14-2-7-22(12-16(14)25-15)18-19-5-1-6-20-18/h1,5-6,13-16H,2-4,7-12H2,(H,21,23)/t14-,15+,16+/m1/s1. The van der Waals surface area contributed by atoms with Gasteiger partial charge >= 0.3 is 0 Å². The number of carbonyl (C=O) groups is 1. The number of hydrogen-bond acceptors (Lipinski definition) is 6. The van der Waals surface area contributed by atoms with Crippen molar-refractivity contribution in [2.24, 2.45) is 11.8 Å². The average molecular weight is 346 g/mol. The first-order valence-corrected chi connectivity index (χ1v) is 9.32. The Morgan fingerprint density at radius 2 is 2.04 bits per heavy atom. The second-order valence-electron chi connectivity index (χ2n) is 7.24. The fourth-order valence-corrected chi connectivity index (χ4v) is 4.04. The Bertz CT molecular complexity index is 579. The summed E-state index contributed by atoms with van der Waals surface area (Å²) in [4.78, 5) is 23.3. The number of anilines is 1. The summed E-state index contributed by atoms with van der Waals surface area (Å²) in [6, 6.07) is 1.82. The molecule has 0 spiro atoms. The molecule has 7 heteroatoms. The van der Waals surface area contributed by atoms with Crippen molar-refractivity contribution in [1.29, 1.82) is 0 Å². The third-order valence-electron chi connectivity index (χ3n) is 5.59.